The normalized spacial score (nSPS) is 14.4. The monoisotopic (exact) mass is 802 g/mol. The number of hydrogen-bond donors (Lipinski definition) is 2. The van der Waals surface area contributed by atoms with Crippen LogP contribution in [0.15, 0.2) is 97.2 Å². The molecule has 56 heavy (non-hydrogen) atoms. The van der Waals surface area contributed by atoms with Crippen LogP contribution in [0.5, 0.6) is 0 Å². The van der Waals surface area contributed by atoms with E-state index in [0.717, 1.165) is 83.5 Å². The fourth-order valence-corrected chi connectivity index (χ4v) is 6.17. The first-order chi connectivity index (χ1) is 27.4. The van der Waals surface area contributed by atoms with Crippen molar-refractivity contribution in [3.63, 3.8) is 0 Å². The van der Waals surface area contributed by atoms with E-state index in [1.54, 1.807) is 0 Å². The molecule has 2 unspecified atom stereocenters. The molecule has 0 bridgehead atoms. The van der Waals surface area contributed by atoms with Gasteiger partial charge in [0.05, 0.1) is 19.8 Å². The largest absolute Gasteiger partial charge is 0.472 e. The van der Waals surface area contributed by atoms with Crippen LogP contribution in [0.4, 0.5) is 0 Å². The van der Waals surface area contributed by atoms with Crippen LogP contribution in [-0.4, -0.2) is 49.9 Å². The Balaban J connectivity index is 4.08. The predicted octanol–water partition coefficient (Wildman–Crippen LogP) is 13.1. The Morgan fingerprint density at radius 3 is 1.41 bits per heavy atom. The third-order valence-corrected chi connectivity index (χ3v) is 9.48. The summed E-state index contributed by atoms with van der Waals surface area (Å²) in [6, 6.07) is 0. The molecule has 0 amide bonds. The molecule has 8 nitrogen and oxygen atoms in total. The minimum absolute atomic E-state index is 0.0707. The summed E-state index contributed by atoms with van der Waals surface area (Å²) in [4.78, 5) is 22.5. The lowest BCUT2D eigenvalue weighted by Crippen LogP contribution is -2.28. The summed E-state index contributed by atoms with van der Waals surface area (Å²) in [5.74, 6) is -0.358. The molecule has 0 radical (unpaired) electrons. The first kappa shape index (κ1) is 53.4. The lowest BCUT2D eigenvalue weighted by Gasteiger charge is -2.20. The van der Waals surface area contributed by atoms with E-state index in [1.807, 2.05) is 0 Å². The second kappa shape index (κ2) is 43.5. The second-order valence-electron chi connectivity index (χ2n) is 13.8. The molecule has 2 atom stereocenters. The van der Waals surface area contributed by atoms with Gasteiger partial charge in [-0.15, -0.1) is 0 Å². The number of unbranched alkanes of at least 4 members (excludes halogenated alkanes) is 11. The Labute approximate surface area is 342 Å². The van der Waals surface area contributed by atoms with Gasteiger partial charge in [0.15, 0.2) is 0 Å². The highest BCUT2D eigenvalue weighted by Crippen LogP contribution is 2.43. The van der Waals surface area contributed by atoms with Crippen LogP contribution in [0.1, 0.15) is 155 Å². The maximum absolute atomic E-state index is 12.6. The molecule has 9 heteroatoms. The van der Waals surface area contributed by atoms with Gasteiger partial charge in [0.2, 0.25) is 0 Å². The summed E-state index contributed by atoms with van der Waals surface area (Å²) in [5.41, 5.74) is 5.36. The molecule has 320 valence electrons. The number of phosphoric ester groups is 1. The van der Waals surface area contributed by atoms with Crippen molar-refractivity contribution in [2.75, 3.05) is 33.0 Å². The number of ether oxygens (including phenoxy) is 2. The van der Waals surface area contributed by atoms with Crippen LogP contribution in [0.3, 0.4) is 0 Å². The SMILES string of the molecule is CC/C=C\C/C=C\C/C=C\C/C=C\CCCCCCCCCCCCC(=O)OC(COCCC/C=C\C/C=C\C/C=C\C/C=C\CC)COP(=O)(O)OCCN. The highest BCUT2D eigenvalue weighted by Gasteiger charge is 2.25. The number of esters is 1. The summed E-state index contributed by atoms with van der Waals surface area (Å²) in [5, 5.41) is 0. The molecule has 0 spiro atoms. The zero-order valence-electron chi connectivity index (χ0n) is 35.3. The van der Waals surface area contributed by atoms with Crippen LogP contribution in [0.2, 0.25) is 0 Å². The summed E-state index contributed by atoms with van der Waals surface area (Å²) in [6.07, 6.45) is 57.3. The number of hydrogen-bond acceptors (Lipinski definition) is 7. The number of carbonyl (C=O) groups is 1. The van der Waals surface area contributed by atoms with E-state index in [-0.39, 0.29) is 32.3 Å². The van der Waals surface area contributed by atoms with Crippen LogP contribution >= 0.6 is 7.82 Å². The van der Waals surface area contributed by atoms with E-state index in [9.17, 15) is 14.3 Å². The van der Waals surface area contributed by atoms with Gasteiger partial charge in [0.25, 0.3) is 0 Å². The van der Waals surface area contributed by atoms with Crippen molar-refractivity contribution in [1.29, 1.82) is 0 Å². The molecule has 0 aliphatic carbocycles. The first-order valence-electron chi connectivity index (χ1n) is 21.7. The van der Waals surface area contributed by atoms with Crippen molar-refractivity contribution in [2.45, 2.75) is 161 Å². The van der Waals surface area contributed by atoms with Gasteiger partial charge in [-0.2, -0.15) is 0 Å². The van der Waals surface area contributed by atoms with Gasteiger partial charge < -0.3 is 20.1 Å². The average molecular weight is 802 g/mol. The Morgan fingerprint density at radius 2 is 0.946 bits per heavy atom. The molecule has 0 heterocycles. The van der Waals surface area contributed by atoms with E-state index in [0.29, 0.717) is 13.0 Å². The van der Waals surface area contributed by atoms with Crippen molar-refractivity contribution in [3.05, 3.63) is 97.2 Å². The summed E-state index contributed by atoms with van der Waals surface area (Å²) in [6.45, 7) is 4.51. The van der Waals surface area contributed by atoms with Gasteiger partial charge in [-0.25, -0.2) is 4.57 Å². The van der Waals surface area contributed by atoms with Gasteiger partial charge in [-0.1, -0.05) is 162 Å². The maximum Gasteiger partial charge on any atom is 0.472 e. The lowest BCUT2D eigenvalue weighted by atomic mass is 10.0. The molecule has 0 rings (SSSR count). The maximum atomic E-state index is 12.6. The molecule has 0 aromatic rings. The standard InChI is InChI=1S/C47H80NO7P/c1-3-5-7-9-11-13-15-17-19-20-21-22-23-24-25-26-27-28-30-32-34-36-38-40-47(49)55-46(45-54-56(50,51)53-43-41-48)44-52-42-39-37-35-33-31-29-18-16-14-12-10-8-6-4-2/h5-8,11-14,17-19,21-22,29,33,35,46H,3-4,9-10,15-16,20,23-28,30-32,34,36-45,48H2,1-2H3,(H,50,51)/b7-5-,8-6-,13-11-,14-12-,19-17-,22-21-,29-18-,35-33-. The van der Waals surface area contributed by atoms with Crippen LogP contribution < -0.4 is 5.73 Å². The number of rotatable bonds is 40. The fourth-order valence-electron chi connectivity index (χ4n) is 5.40. The molecule has 0 aromatic carbocycles. The van der Waals surface area contributed by atoms with Crippen molar-refractivity contribution in [2.24, 2.45) is 5.73 Å². The molecule has 0 fully saturated rings. The topological polar surface area (TPSA) is 117 Å². The minimum atomic E-state index is -4.30. The lowest BCUT2D eigenvalue weighted by molar-refractivity contribution is -0.154. The van der Waals surface area contributed by atoms with Crippen molar-refractivity contribution < 1.29 is 32.8 Å². The molecule has 0 aliphatic heterocycles. The van der Waals surface area contributed by atoms with Gasteiger partial charge in [-0.05, 0) is 83.5 Å². The minimum Gasteiger partial charge on any atom is -0.457 e. The van der Waals surface area contributed by atoms with Crippen molar-refractivity contribution in [3.8, 4) is 0 Å². The third kappa shape index (κ3) is 42.6. The van der Waals surface area contributed by atoms with Crippen LogP contribution in [0, 0.1) is 0 Å². The first-order valence-corrected chi connectivity index (χ1v) is 23.2. The Bertz CT molecular complexity index is 1170. The van der Waals surface area contributed by atoms with E-state index in [1.165, 1.54) is 51.4 Å². The molecule has 0 saturated heterocycles. The van der Waals surface area contributed by atoms with Gasteiger partial charge >= 0.3 is 13.8 Å². The van der Waals surface area contributed by atoms with Crippen LogP contribution in [0.25, 0.3) is 0 Å². The number of nitrogens with two attached hydrogens (primary N) is 1. The molecular formula is C47H80NO7P. The van der Waals surface area contributed by atoms with Crippen molar-refractivity contribution in [1.82, 2.24) is 0 Å². The zero-order valence-corrected chi connectivity index (χ0v) is 36.2. The Morgan fingerprint density at radius 1 is 0.536 bits per heavy atom. The van der Waals surface area contributed by atoms with Crippen LogP contribution in [-0.2, 0) is 27.9 Å². The Hall–Kier alpha value is -2.58. The quantitative estimate of drug-likeness (QED) is 0.0272. The highest BCUT2D eigenvalue weighted by atomic mass is 31.2. The number of phosphoric acid groups is 1. The highest BCUT2D eigenvalue weighted by molar-refractivity contribution is 7.47. The number of allylic oxidation sites excluding steroid dienone is 16. The number of carbonyl (C=O) groups excluding carboxylic acids is 1. The fraction of sp³-hybridized carbons (Fsp3) is 0.638. The van der Waals surface area contributed by atoms with Gasteiger partial charge in [0, 0.05) is 19.6 Å². The summed E-state index contributed by atoms with van der Waals surface area (Å²) in [7, 11) is -4.30. The van der Waals surface area contributed by atoms with Crippen molar-refractivity contribution >= 4 is 13.8 Å². The molecule has 0 aliphatic rings. The second-order valence-corrected chi connectivity index (χ2v) is 15.2. The summed E-state index contributed by atoms with van der Waals surface area (Å²) >= 11 is 0. The molecular weight excluding hydrogens is 721 g/mol. The predicted molar refractivity (Wildman–Crippen MR) is 238 cm³/mol. The third-order valence-electron chi connectivity index (χ3n) is 8.50. The average Bonchev–Trinajstić information content (AvgIpc) is 3.19. The molecule has 0 aromatic heterocycles. The molecule has 0 saturated carbocycles. The van der Waals surface area contributed by atoms with E-state index in [2.05, 4.69) is 111 Å². The van der Waals surface area contributed by atoms with E-state index >= 15 is 0 Å². The van der Waals surface area contributed by atoms with Gasteiger partial charge in [0.1, 0.15) is 6.10 Å². The van der Waals surface area contributed by atoms with E-state index < -0.39 is 13.9 Å². The Kier molecular flexibility index (Phi) is 41.5. The summed E-state index contributed by atoms with van der Waals surface area (Å²) < 4.78 is 33.3. The smallest absolute Gasteiger partial charge is 0.457 e. The zero-order chi connectivity index (χ0) is 40.9. The molecule has 3 N–H and O–H groups in total. The van der Waals surface area contributed by atoms with Gasteiger partial charge in [-0.3, -0.25) is 13.8 Å². The van der Waals surface area contributed by atoms with E-state index in [4.69, 9.17) is 24.3 Å².